The van der Waals surface area contributed by atoms with Gasteiger partial charge in [0.25, 0.3) is 0 Å². The van der Waals surface area contributed by atoms with Crippen molar-refractivity contribution in [2.75, 3.05) is 44.3 Å². The van der Waals surface area contributed by atoms with E-state index in [2.05, 4.69) is 18.7 Å². The number of anilines is 1. The van der Waals surface area contributed by atoms with Crippen LogP contribution in [0.4, 0.5) is 5.82 Å². The summed E-state index contributed by atoms with van der Waals surface area (Å²) in [5.74, 6) is 1.94. The van der Waals surface area contributed by atoms with Crippen molar-refractivity contribution in [3.05, 3.63) is 40.5 Å². The van der Waals surface area contributed by atoms with Crippen LogP contribution in [0.5, 0.6) is 5.75 Å². The summed E-state index contributed by atoms with van der Waals surface area (Å²) < 4.78 is 7.85. The van der Waals surface area contributed by atoms with E-state index in [0.29, 0.717) is 49.4 Å². The maximum absolute atomic E-state index is 12.6. The van der Waals surface area contributed by atoms with E-state index in [9.17, 15) is 4.79 Å². The first-order valence-electron chi connectivity index (χ1n) is 10.5. The van der Waals surface area contributed by atoms with Crippen LogP contribution in [0, 0.1) is 12.8 Å². The quantitative estimate of drug-likeness (QED) is 0.607. The van der Waals surface area contributed by atoms with Crippen molar-refractivity contribution < 1.29 is 14.6 Å². The first-order chi connectivity index (χ1) is 14.4. The van der Waals surface area contributed by atoms with Crippen molar-refractivity contribution in [1.29, 1.82) is 0 Å². The fourth-order valence-electron chi connectivity index (χ4n) is 3.46. The molecule has 3 rings (SSSR count). The van der Waals surface area contributed by atoms with E-state index in [1.807, 2.05) is 35.9 Å². The number of aryl methyl sites for hydroxylation is 1. The van der Waals surface area contributed by atoms with Gasteiger partial charge in [-0.15, -0.1) is 12.4 Å². The van der Waals surface area contributed by atoms with E-state index in [1.165, 1.54) is 0 Å². The zero-order valence-corrected chi connectivity index (χ0v) is 20.0. The minimum atomic E-state index is 0. The third kappa shape index (κ3) is 6.84. The Labute approximate surface area is 195 Å². The van der Waals surface area contributed by atoms with Crippen molar-refractivity contribution >= 4 is 35.7 Å². The van der Waals surface area contributed by atoms with Crippen molar-refractivity contribution in [3.8, 4) is 5.75 Å². The summed E-state index contributed by atoms with van der Waals surface area (Å²) in [5, 5.41) is 14.3. The Morgan fingerprint density at radius 2 is 2.03 bits per heavy atom. The highest BCUT2D eigenvalue weighted by Crippen LogP contribution is 2.26. The largest absolute Gasteiger partial charge is 0.493 e. The molecule has 1 aliphatic heterocycles. The Balaban J connectivity index is 0.00000341. The highest BCUT2D eigenvalue weighted by molar-refractivity contribution is 6.30. The van der Waals surface area contributed by atoms with E-state index >= 15 is 0 Å². The van der Waals surface area contributed by atoms with Crippen LogP contribution in [-0.4, -0.2) is 65.1 Å². The normalized spacial score (nSPS) is 14.8. The molecule has 1 N–H and O–H groups in total. The van der Waals surface area contributed by atoms with Crippen LogP contribution in [0.2, 0.25) is 5.02 Å². The molecule has 0 aliphatic carbocycles. The molecule has 1 aromatic heterocycles. The van der Waals surface area contributed by atoms with Crippen molar-refractivity contribution in [2.24, 2.45) is 5.92 Å². The van der Waals surface area contributed by atoms with Crippen LogP contribution >= 0.6 is 24.0 Å². The molecule has 9 heteroatoms. The summed E-state index contributed by atoms with van der Waals surface area (Å²) in [7, 11) is 0. The van der Waals surface area contributed by atoms with E-state index in [1.54, 1.807) is 4.90 Å². The lowest BCUT2D eigenvalue weighted by Gasteiger charge is -2.32. The minimum absolute atomic E-state index is 0. The molecule has 0 atom stereocenters. The molecule has 1 saturated heterocycles. The number of ether oxygens (including phenoxy) is 1. The lowest BCUT2D eigenvalue weighted by Crippen LogP contribution is -2.50. The maximum Gasteiger partial charge on any atom is 0.242 e. The van der Waals surface area contributed by atoms with Gasteiger partial charge in [0.2, 0.25) is 5.91 Å². The predicted molar refractivity (Wildman–Crippen MR) is 126 cm³/mol. The summed E-state index contributed by atoms with van der Waals surface area (Å²) in [5.41, 5.74) is 1.93. The molecule has 1 aromatic carbocycles. The topological polar surface area (TPSA) is 70.8 Å². The lowest BCUT2D eigenvalue weighted by molar-refractivity contribution is -0.121. The average molecular weight is 471 g/mol. The Bertz CT molecular complexity index is 872. The Hall–Kier alpha value is -1.80. The van der Waals surface area contributed by atoms with Gasteiger partial charge in [-0.3, -0.25) is 19.3 Å². The molecule has 0 radical (unpaired) electrons. The highest BCUT2D eigenvalue weighted by atomic mass is 35.5. The standard InChI is InChI=1S/C22H31ClN4O3.ClH/c1-16(2)15-30-20-6-5-19(23)12-18(20)13-27-17(3)11-21(24-27)26-9-8-25(7-4-10-28)14-22(26)29;/h5-6,11-12,16,28H,4,7-10,13-15H2,1-3H3;1H. The number of halogens is 2. The number of hydrogen-bond acceptors (Lipinski definition) is 5. The van der Waals surface area contributed by atoms with Gasteiger partial charge in [0.15, 0.2) is 5.82 Å². The van der Waals surface area contributed by atoms with Crippen LogP contribution in [0.25, 0.3) is 0 Å². The highest BCUT2D eigenvalue weighted by Gasteiger charge is 2.26. The van der Waals surface area contributed by atoms with E-state index in [4.69, 9.17) is 26.5 Å². The van der Waals surface area contributed by atoms with E-state index in [0.717, 1.165) is 30.1 Å². The molecule has 1 amide bonds. The number of aliphatic hydroxyl groups is 1. The molecule has 0 bridgehead atoms. The Morgan fingerprint density at radius 1 is 1.26 bits per heavy atom. The average Bonchev–Trinajstić information content (AvgIpc) is 3.05. The summed E-state index contributed by atoms with van der Waals surface area (Å²) in [6.07, 6.45) is 0.682. The number of amides is 1. The van der Waals surface area contributed by atoms with Crippen LogP contribution in [0.3, 0.4) is 0 Å². The van der Waals surface area contributed by atoms with Gasteiger partial charge in [0, 0.05) is 48.6 Å². The molecule has 2 aromatic rings. The van der Waals surface area contributed by atoms with Gasteiger partial charge >= 0.3 is 0 Å². The fourth-order valence-corrected chi connectivity index (χ4v) is 3.66. The minimum Gasteiger partial charge on any atom is -0.493 e. The molecule has 0 spiro atoms. The SMILES string of the molecule is Cc1cc(N2CCN(CCCO)CC2=O)nn1Cc1cc(Cl)ccc1OCC(C)C.Cl. The van der Waals surface area contributed by atoms with Crippen molar-refractivity contribution in [2.45, 2.75) is 33.7 Å². The van der Waals surface area contributed by atoms with Gasteiger partial charge in [-0.2, -0.15) is 5.10 Å². The Morgan fingerprint density at radius 3 is 2.71 bits per heavy atom. The number of carbonyl (C=O) groups is 1. The molecular weight excluding hydrogens is 439 g/mol. The van der Waals surface area contributed by atoms with Crippen LogP contribution < -0.4 is 9.64 Å². The molecule has 0 unspecified atom stereocenters. The van der Waals surface area contributed by atoms with Gasteiger partial charge in [-0.25, -0.2) is 0 Å². The molecule has 172 valence electrons. The zero-order chi connectivity index (χ0) is 21.7. The number of aromatic nitrogens is 2. The number of nitrogens with zero attached hydrogens (tertiary/aromatic N) is 4. The number of rotatable bonds is 9. The number of aliphatic hydroxyl groups excluding tert-OH is 1. The van der Waals surface area contributed by atoms with Crippen molar-refractivity contribution in [3.63, 3.8) is 0 Å². The number of carbonyl (C=O) groups excluding carboxylic acids is 1. The number of benzene rings is 1. The van der Waals surface area contributed by atoms with E-state index < -0.39 is 0 Å². The number of piperazine rings is 1. The van der Waals surface area contributed by atoms with Gasteiger partial charge in [-0.05, 0) is 37.5 Å². The van der Waals surface area contributed by atoms with Crippen LogP contribution in [0.15, 0.2) is 24.3 Å². The summed E-state index contributed by atoms with van der Waals surface area (Å²) in [4.78, 5) is 16.4. The van der Waals surface area contributed by atoms with Crippen LogP contribution in [0.1, 0.15) is 31.5 Å². The smallest absolute Gasteiger partial charge is 0.242 e. The van der Waals surface area contributed by atoms with Crippen molar-refractivity contribution in [1.82, 2.24) is 14.7 Å². The molecule has 2 heterocycles. The Kier molecular flexibility index (Phi) is 9.62. The predicted octanol–water partition coefficient (Wildman–Crippen LogP) is 3.38. The molecule has 1 fully saturated rings. The summed E-state index contributed by atoms with van der Waals surface area (Å²) in [6, 6.07) is 7.58. The molecule has 31 heavy (non-hydrogen) atoms. The monoisotopic (exact) mass is 470 g/mol. The molecular formula is C22H32Cl2N4O3. The molecule has 7 nitrogen and oxygen atoms in total. The lowest BCUT2D eigenvalue weighted by atomic mass is 10.2. The molecule has 0 saturated carbocycles. The van der Waals surface area contributed by atoms with Crippen LogP contribution in [-0.2, 0) is 11.3 Å². The van der Waals surface area contributed by atoms with Gasteiger partial charge in [0.1, 0.15) is 5.75 Å². The second kappa shape index (κ2) is 11.7. The fraction of sp³-hybridized carbons (Fsp3) is 0.545. The second-order valence-electron chi connectivity index (χ2n) is 8.16. The first kappa shape index (κ1) is 25.5. The third-order valence-corrected chi connectivity index (χ3v) is 5.33. The maximum atomic E-state index is 12.6. The van der Waals surface area contributed by atoms with E-state index in [-0.39, 0.29) is 24.9 Å². The zero-order valence-electron chi connectivity index (χ0n) is 18.4. The molecule has 1 aliphatic rings. The number of hydrogen-bond donors (Lipinski definition) is 1. The first-order valence-corrected chi connectivity index (χ1v) is 10.8. The van der Waals surface area contributed by atoms with Gasteiger partial charge in [0.05, 0.1) is 19.7 Å². The van der Waals surface area contributed by atoms with Gasteiger partial charge in [-0.1, -0.05) is 25.4 Å². The van der Waals surface area contributed by atoms with Gasteiger partial charge < -0.3 is 9.84 Å². The third-order valence-electron chi connectivity index (χ3n) is 5.09. The summed E-state index contributed by atoms with van der Waals surface area (Å²) >= 11 is 6.22. The summed E-state index contributed by atoms with van der Waals surface area (Å²) in [6.45, 7) is 9.96. The second-order valence-corrected chi connectivity index (χ2v) is 8.59.